The molecule has 2 aromatic rings. The van der Waals surface area contributed by atoms with Crippen molar-refractivity contribution >= 4 is 5.82 Å². The summed E-state index contributed by atoms with van der Waals surface area (Å²) in [5.41, 5.74) is 4.93. The molecular weight excluding hydrogens is 303 g/mol. The third-order valence-corrected chi connectivity index (χ3v) is 3.41. The number of aromatic amines is 1. The van der Waals surface area contributed by atoms with Crippen LogP contribution in [0, 0.1) is 28.5 Å². The van der Waals surface area contributed by atoms with Crippen molar-refractivity contribution in [2.75, 3.05) is 12.5 Å². The molecule has 1 aromatic carbocycles. The minimum absolute atomic E-state index is 0.0473. The number of halogens is 1. The molecule has 0 spiro atoms. The minimum atomic E-state index is -0.760. The Morgan fingerprint density at radius 2 is 2.00 bits per heavy atom. The molecule has 0 saturated heterocycles. The Labute approximate surface area is 129 Å². The predicted molar refractivity (Wildman–Crippen MR) is 76.6 cm³/mol. The monoisotopic (exact) mass is 312 g/mol. The van der Waals surface area contributed by atoms with Crippen molar-refractivity contribution in [2.45, 2.75) is 6.61 Å². The van der Waals surface area contributed by atoms with Crippen molar-refractivity contribution in [3.05, 3.63) is 45.0 Å². The van der Waals surface area contributed by atoms with Gasteiger partial charge in [-0.25, -0.2) is 4.39 Å². The molecule has 0 atom stereocenters. The lowest BCUT2D eigenvalue weighted by Crippen LogP contribution is -2.18. The van der Waals surface area contributed by atoms with E-state index in [1.54, 1.807) is 6.07 Å². The molecule has 0 bridgehead atoms. The Bertz CT molecular complexity index is 953. The zero-order chi connectivity index (χ0) is 16.6. The van der Waals surface area contributed by atoms with Crippen molar-refractivity contribution in [3.8, 4) is 29.0 Å². The number of nitrogens with zero attached hydrogens (tertiary/aromatic N) is 2. The summed E-state index contributed by atoms with van der Waals surface area (Å²) < 4.78 is 24.4. The average molecular weight is 312 g/mol. The Morgan fingerprint density at radius 3 is 2.70 bits per heavy atom. The van der Waals surface area contributed by atoms with E-state index in [0.29, 0.717) is 5.56 Å². The van der Waals surface area contributed by atoms with E-state index in [9.17, 15) is 19.7 Å². The third-order valence-electron chi connectivity index (χ3n) is 3.41. The number of anilines is 1. The van der Waals surface area contributed by atoms with Gasteiger partial charge < -0.3 is 20.2 Å². The second-order valence-electron chi connectivity index (χ2n) is 4.77. The summed E-state index contributed by atoms with van der Waals surface area (Å²) in [5.74, 6) is -0.549. The maximum atomic E-state index is 13.9. The van der Waals surface area contributed by atoms with Gasteiger partial charge in [0.25, 0.3) is 5.56 Å². The number of hydrogen-bond donors (Lipinski definition) is 2. The summed E-state index contributed by atoms with van der Waals surface area (Å²) in [5, 5.41) is 18.6. The van der Waals surface area contributed by atoms with Crippen LogP contribution in [0.5, 0.6) is 5.75 Å². The van der Waals surface area contributed by atoms with Crippen LogP contribution in [-0.2, 0) is 11.3 Å². The zero-order valence-electron chi connectivity index (χ0n) is 11.6. The molecule has 0 radical (unpaired) electrons. The summed E-state index contributed by atoms with van der Waals surface area (Å²) in [6, 6.07) is 5.89. The van der Waals surface area contributed by atoms with Crippen molar-refractivity contribution in [1.29, 1.82) is 10.5 Å². The molecule has 23 heavy (non-hydrogen) atoms. The molecule has 1 aliphatic rings. The fourth-order valence-corrected chi connectivity index (χ4v) is 2.48. The van der Waals surface area contributed by atoms with Crippen LogP contribution >= 0.6 is 0 Å². The lowest BCUT2D eigenvalue weighted by atomic mass is 9.94. The molecule has 1 aliphatic heterocycles. The van der Waals surface area contributed by atoms with Crippen LogP contribution in [-0.4, -0.2) is 11.8 Å². The molecule has 114 valence electrons. The number of aromatic nitrogens is 1. The Hall–Kier alpha value is -3.36. The molecule has 0 unspecified atom stereocenters. The number of ether oxygens (including phenoxy) is 2. The predicted octanol–water partition coefficient (Wildman–Crippen LogP) is 1.37. The van der Waals surface area contributed by atoms with Gasteiger partial charge in [0, 0.05) is 16.7 Å². The maximum Gasteiger partial charge on any atom is 0.268 e. The first-order valence-corrected chi connectivity index (χ1v) is 6.46. The molecule has 0 amide bonds. The third kappa shape index (κ3) is 2.27. The van der Waals surface area contributed by atoms with Crippen LogP contribution in [0.4, 0.5) is 10.2 Å². The highest BCUT2D eigenvalue weighted by Crippen LogP contribution is 2.39. The molecule has 7 nitrogen and oxygen atoms in total. The molecule has 0 aliphatic carbocycles. The van der Waals surface area contributed by atoms with Crippen LogP contribution in [0.25, 0.3) is 11.1 Å². The van der Waals surface area contributed by atoms with Gasteiger partial charge in [-0.15, -0.1) is 0 Å². The van der Waals surface area contributed by atoms with Crippen LogP contribution in [0.3, 0.4) is 0 Å². The maximum absolute atomic E-state index is 13.9. The lowest BCUT2D eigenvalue weighted by molar-refractivity contribution is -0.0161. The molecule has 0 saturated carbocycles. The van der Waals surface area contributed by atoms with Gasteiger partial charge in [0.15, 0.2) is 6.79 Å². The summed E-state index contributed by atoms with van der Waals surface area (Å²) >= 11 is 0. The number of H-pyrrole nitrogens is 1. The number of nitrogens with one attached hydrogen (secondary N) is 1. The number of hydrogen-bond acceptors (Lipinski definition) is 6. The van der Waals surface area contributed by atoms with Gasteiger partial charge in [-0.1, -0.05) is 0 Å². The summed E-state index contributed by atoms with van der Waals surface area (Å²) in [4.78, 5) is 14.2. The van der Waals surface area contributed by atoms with Crippen LogP contribution in [0.15, 0.2) is 16.9 Å². The fraction of sp³-hybridized carbons (Fsp3) is 0.133. The normalized spacial score (nSPS) is 12.7. The van der Waals surface area contributed by atoms with Crippen LogP contribution < -0.4 is 16.0 Å². The molecule has 2 heterocycles. The van der Waals surface area contributed by atoms with E-state index < -0.39 is 11.4 Å². The molecule has 3 N–H and O–H groups in total. The van der Waals surface area contributed by atoms with Crippen LogP contribution in [0.2, 0.25) is 0 Å². The van der Waals surface area contributed by atoms with Crippen LogP contribution in [0.1, 0.15) is 16.7 Å². The van der Waals surface area contributed by atoms with E-state index in [1.807, 2.05) is 6.07 Å². The first kappa shape index (κ1) is 14.6. The topological polar surface area (TPSA) is 125 Å². The second kappa shape index (κ2) is 5.44. The van der Waals surface area contributed by atoms with Gasteiger partial charge in [-0.3, -0.25) is 4.79 Å². The summed E-state index contributed by atoms with van der Waals surface area (Å²) in [7, 11) is 0. The number of benzene rings is 1. The van der Waals surface area contributed by atoms with Crippen molar-refractivity contribution in [1.82, 2.24) is 4.98 Å². The number of nitrogen functional groups attached to an aromatic ring is 1. The Balaban J connectivity index is 2.46. The summed E-state index contributed by atoms with van der Waals surface area (Å²) in [6.07, 6.45) is 0. The fourth-order valence-electron chi connectivity index (χ4n) is 2.48. The number of fused-ring (bicyclic) bond motifs is 1. The van der Waals surface area contributed by atoms with E-state index in [4.69, 9.17) is 15.2 Å². The Morgan fingerprint density at radius 1 is 1.26 bits per heavy atom. The standard InChI is InChI=1S/C15H9FN4O3/c16-8-1-7-5-22-6-23-13(7)9(2-8)12-10(3-17)14(19)20-15(21)11(12)4-18/h1-2H,5-6H2,(H3,19,20,21). The van der Waals surface area contributed by atoms with Gasteiger partial charge in [0.1, 0.15) is 40.6 Å². The van der Waals surface area contributed by atoms with E-state index in [2.05, 4.69) is 4.98 Å². The second-order valence-corrected chi connectivity index (χ2v) is 4.77. The highest BCUT2D eigenvalue weighted by atomic mass is 19.1. The van der Waals surface area contributed by atoms with Crippen molar-refractivity contribution in [3.63, 3.8) is 0 Å². The molecule has 3 rings (SSSR count). The highest BCUT2D eigenvalue weighted by molar-refractivity contribution is 5.84. The van der Waals surface area contributed by atoms with Crippen molar-refractivity contribution < 1.29 is 13.9 Å². The Kier molecular flexibility index (Phi) is 3.45. The highest BCUT2D eigenvalue weighted by Gasteiger charge is 2.25. The van der Waals surface area contributed by atoms with E-state index in [-0.39, 0.29) is 47.2 Å². The number of rotatable bonds is 1. The largest absolute Gasteiger partial charge is 0.467 e. The van der Waals surface area contributed by atoms with E-state index >= 15 is 0 Å². The molecule has 1 aromatic heterocycles. The number of nitrogens with two attached hydrogens (primary N) is 1. The SMILES string of the molecule is N#Cc1c(N)[nH]c(=O)c(C#N)c1-c1cc(F)cc2c1OCOC2. The zero-order valence-corrected chi connectivity index (χ0v) is 11.6. The number of pyridine rings is 1. The first-order chi connectivity index (χ1) is 11.1. The first-order valence-electron chi connectivity index (χ1n) is 6.46. The van der Waals surface area contributed by atoms with E-state index in [0.717, 1.165) is 6.07 Å². The quantitative estimate of drug-likeness (QED) is 0.819. The lowest BCUT2D eigenvalue weighted by Gasteiger charge is -2.21. The summed E-state index contributed by atoms with van der Waals surface area (Å²) in [6.45, 7) is 0.0522. The minimum Gasteiger partial charge on any atom is -0.467 e. The van der Waals surface area contributed by atoms with Crippen molar-refractivity contribution in [2.24, 2.45) is 0 Å². The van der Waals surface area contributed by atoms with Gasteiger partial charge in [-0.2, -0.15) is 10.5 Å². The molecule has 8 heteroatoms. The van der Waals surface area contributed by atoms with Gasteiger partial charge in [-0.05, 0) is 12.1 Å². The smallest absolute Gasteiger partial charge is 0.268 e. The van der Waals surface area contributed by atoms with E-state index in [1.165, 1.54) is 6.07 Å². The van der Waals surface area contributed by atoms with Gasteiger partial charge in [0.2, 0.25) is 0 Å². The molecular formula is C15H9FN4O3. The number of nitriles is 2. The van der Waals surface area contributed by atoms with Gasteiger partial charge in [0.05, 0.1) is 6.61 Å². The van der Waals surface area contributed by atoms with Gasteiger partial charge >= 0.3 is 0 Å². The molecule has 0 fully saturated rings. The average Bonchev–Trinajstić information content (AvgIpc) is 2.53.